The number of aromatic nitrogens is 4. The summed E-state index contributed by atoms with van der Waals surface area (Å²) in [5.74, 6) is -1.36. The van der Waals surface area contributed by atoms with E-state index in [1.54, 1.807) is 18.2 Å². The van der Waals surface area contributed by atoms with Gasteiger partial charge in [-0.05, 0) is 37.9 Å². The number of carbonyl (C=O) groups excluding carboxylic acids is 1. The number of fused-ring (bicyclic) bond motifs is 1. The van der Waals surface area contributed by atoms with Crippen LogP contribution in [-0.2, 0) is 17.5 Å². The van der Waals surface area contributed by atoms with E-state index < -0.39 is 12.0 Å². The number of halogens is 3. The molecule has 0 radical (unpaired) electrons. The largest absolute Gasteiger partial charge is 0.453 e. The summed E-state index contributed by atoms with van der Waals surface area (Å²) in [6.45, 7) is 3.87. The van der Waals surface area contributed by atoms with E-state index >= 15 is 0 Å². The summed E-state index contributed by atoms with van der Waals surface area (Å²) < 4.78 is 39.9. The van der Waals surface area contributed by atoms with Crippen LogP contribution in [0.4, 0.5) is 13.2 Å². The zero-order chi connectivity index (χ0) is 22.0. The van der Waals surface area contributed by atoms with Crippen LogP contribution in [-0.4, -0.2) is 49.5 Å². The molecule has 0 unspecified atom stereocenters. The van der Waals surface area contributed by atoms with Crippen molar-refractivity contribution in [3.05, 3.63) is 47.9 Å². The summed E-state index contributed by atoms with van der Waals surface area (Å²) in [4.78, 5) is 21.8. The summed E-state index contributed by atoms with van der Waals surface area (Å²) in [6, 6.07) is 9.21. The first kappa shape index (κ1) is 21.2. The van der Waals surface area contributed by atoms with E-state index in [0.29, 0.717) is 30.4 Å². The highest BCUT2D eigenvalue weighted by molar-refractivity contribution is 5.78. The zero-order valence-electron chi connectivity index (χ0n) is 17.1. The average molecular weight is 432 g/mol. The third-order valence-electron chi connectivity index (χ3n) is 5.52. The normalized spacial score (nSPS) is 17.7. The molecule has 10 heteroatoms. The highest BCUT2D eigenvalue weighted by atomic mass is 19.4. The third kappa shape index (κ3) is 4.84. The van der Waals surface area contributed by atoms with Gasteiger partial charge in [-0.2, -0.15) is 22.7 Å². The smallest absolute Gasteiger partial charge is 0.351 e. The molecule has 4 rings (SSSR count). The van der Waals surface area contributed by atoms with Gasteiger partial charge in [-0.1, -0.05) is 30.7 Å². The molecule has 3 heterocycles. The molecule has 1 atom stereocenters. The fraction of sp³-hybridized carbons (Fsp3) is 0.429. The Balaban J connectivity index is 1.42. The van der Waals surface area contributed by atoms with Crippen LogP contribution < -0.4 is 5.32 Å². The maximum absolute atomic E-state index is 12.9. The van der Waals surface area contributed by atoms with Crippen LogP contribution in [0.5, 0.6) is 0 Å². The quantitative estimate of drug-likeness (QED) is 0.670. The van der Waals surface area contributed by atoms with E-state index in [9.17, 15) is 18.0 Å². The van der Waals surface area contributed by atoms with Crippen LogP contribution in [0, 0.1) is 0 Å². The van der Waals surface area contributed by atoms with Gasteiger partial charge in [0.1, 0.15) is 0 Å². The Hall–Kier alpha value is -3.01. The summed E-state index contributed by atoms with van der Waals surface area (Å²) in [5, 5.41) is 6.49. The summed E-state index contributed by atoms with van der Waals surface area (Å²) in [5.41, 5.74) is 2.01. The second-order valence-corrected chi connectivity index (χ2v) is 7.76. The van der Waals surface area contributed by atoms with Crippen LogP contribution in [0.3, 0.4) is 0 Å². The van der Waals surface area contributed by atoms with Gasteiger partial charge in [0.2, 0.25) is 5.91 Å². The fourth-order valence-electron chi connectivity index (χ4n) is 3.76. The maximum Gasteiger partial charge on any atom is 0.453 e. The van der Waals surface area contributed by atoms with Crippen LogP contribution in [0.25, 0.3) is 17.0 Å². The number of benzene rings is 1. The first-order chi connectivity index (χ1) is 14.8. The molecule has 1 fully saturated rings. The first-order valence-corrected chi connectivity index (χ1v) is 10.2. The monoisotopic (exact) mass is 432 g/mol. The third-order valence-corrected chi connectivity index (χ3v) is 5.52. The van der Waals surface area contributed by atoms with E-state index in [1.807, 2.05) is 12.1 Å². The van der Waals surface area contributed by atoms with Crippen molar-refractivity contribution >= 4 is 11.7 Å². The second kappa shape index (κ2) is 8.62. The van der Waals surface area contributed by atoms with Crippen LogP contribution in [0.2, 0.25) is 0 Å². The van der Waals surface area contributed by atoms with E-state index in [1.165, 1.54) is 12.6 Å². The van der Waals surface area contributed by atoms with Crippen molar-refractivity contribution < 1.29 is 18.0 Å². The number of amides is 1. The molecule has 1 aromatic carbocycles. The predicted octanol–water partition coefficient (Wildman–Crippen LogP) is 3.30. The average Bonchev–Trinajstić information content (AvgIpc) is 3.19. The van der Waals surface area contributed by atoms with E-state index in [4.69, 9.17) is 0 Å². The molecule has 1 amide bonds. The van der Waals surface area contributed by atoms with Gasteiger partial charge in [0.05, 0.1) is 12.2 Å². The molecule has 1 aliphatic rings. The Morgan fingerprint density at radius 1 is 1.19 bits per heavy atom. The Bertz CT molecular complexity index is 1060. The number of hydrogen-bond donors (Lipinski definition) is 1. The van der Waals surface area contributed by atoms with Gasteiger partial charge < -0.3 is 5.32 Å². The van der Waals surface area contributed by atoms with Crippen molar-refractivity contribution in [1.82, 2.24) is 29.8 Å². The summed E-state index contributed by atoms with van der Waals surface area (Å²) >= 11 is 0. The Labute approximate surface area is 177 Å². The van der Waals surface area contributed by atoms with Crippen LogP contribution in [0.1, 0.15) is 37.6 Å². The predicted molar refractivity (Wildman–Crippen MR) is 108 cm³/mol. The highest BCUT2D eigenvalue weighted by Crippen LogP contribution is 2.28. The zero-order valence-corrected chi connectivity index (χ0v) is 17.1. The fourth-order valence-corrected chi connectivity index (χ4v) is 3.76. The second-order valence-electron chi connectivity index (χ2n) is 7.76. The molecular weight excluding hydrogens is 409 g/mol. The topological polar surface area (TPSA) is 75.4 Å². The lowest BCUT2D eigenvalue weighted by Gasteiger charge is -2.32. The lowest BCUT2D eigenvalue weighted by atomic mass is 10.0. The minimum Gasteiger partial charge on any atom is -0.351 e. The lowest BCUT2D eigenvalue weighted by Crippen LogP contribution is -2.44. The minimum atomic E-state index is -4.64. The molecule has 1 saturated heterocycles. The summed E-state index contributed by atoms with van der Waals surface area (Å²) in [7, 11) is 0. The van der Waals surface area contributed by atoms with Gasteiger partial charge >= 0.3 is 6.18 Å². The van der Waals surface area contributed by atoms with Crippen molar-refractivity contribution in [3.63, 3.8) is 0 Å². The number of nitrogens with zero attached hydrogens (tertiary/aromatic N) is 5. The molecule has 2 aromatic heterocycles. The van der Waals surface area contributed by atoms with Gasteiger partial charge in [-0.15, -0.1) is 5.10 Å². The molecule has 7 nitrogen and oxygen atoms in total. The molecule has 0 aliphatic carbocycles. The van der Waals surface area contributed by atoms with Crippen molar-refractivity contribution in [2.24, 2.45) is 0 Å². The Kier molecular flexibility index (Phi) is 5.90. The molecule has 0 spiro atoms. The van der Waals surface area contributed by atoms with Gasteiger partial charge in [0.25, 0.3) is 11.6 Å². The van der Waals surface area contributed by atoms with E-state index in [-0.39, 0.29) is 11.7 Å². The van der Waals surface area contributed by atoms with Gasteiger partial charge in [-0.3, -0.25) is 9.69 Å². The van der Waals surface area contributed by atoms with Crippen molar-refractivity contribution in [2.75, 3.05) is 13.1 Å². The number of carbonyl (C=O) groups is 1. The number of likely N-dealkylation sites (tertiary alicyclic amines) is 1. The van der Waals surface area contributed by atoms with Crippen molar-refractivity contribution in [3.8, 4) is 11.3 Å². The molecule has 0 saturated carbocycles. The lowest BCUT2D eigenvalue weighted by molar-refractivity contribution is -0.144. The number of hydrogen-bond acceptors (Lipinski definition) is 5. The van der Waals surface area contributed by atoms with Crippen molar-refractivity contribution in [1.29, 1.82) is 0 Å². The Morgan fingerprint density at radius 2 is 1.97 bits per heavy atom. The highest BCUT2D eigenvalue weighted by Gasteiger charge is 2.36. The SMILES string of the molecule is C[C@H]1CCCCN1CC(=O)NCc1ccc(-c2ccnc3nc(C(F)(F)F)nn23)cc1. The van der Waals surface area contributed by atoms with Crippen molar-refractivity contribution in [2.45, 2.75) is 44.9 Å². The molecule has 3 aromatic rings. The number of rotatable bonds is 5. The van der Waals surface area contributed by atoms with Gasteiger partial charge in [-0.25, -0.2) is 4.98 Å². The van der Waals surface area contributed by atoms with Gasteiger partial charge in [0, 0.05) is 24.3 Å². The number of nitrogens with one attached hydrogen (secondary N) is 1. The number of piperidine rings is 1. The molecule has 31 heavy (non-hydrogen) atoms. The molecule has 1 aliphatic heterocycles. The van der Waals surface area contributed by atoms with Crippen LogP contribution in [0.15, 0.2) is 36.5 Å². The number of alkyl halides is 3. The van der Waals surface area contributed by atoms with E-state index in [2.05, 4.69) is 32.2 Å². The molecule has 0 bridgehead atoms. The molecule has 1 N–H and O–H groups in total. The maximum atomic E-state index is 12.9. The standard InChI is InChI=1S/C21H23F3N6O/c1-14-4-2-3-11-29(14)13-18(31)26-12-15-5-7-16(8-6-15)17-9-10-25-20-27-19(21(22,23)24)28-30(17)20/h5-10,14H,2-4,11-13H2,1H3,(H,26,31)/t14-/m0/s1. The first-order valence-electron chi connectivity index (χ1n) is 10.2. The Morgan fingerprint density at radius 3 is 2.68 bits per heavy atom. The molecular formula is C21H23F3N6O. The summed E-state index contributed by atoms with van der Waals surface area (Å²) in [6.07, 6.45) is 0.209. The molecule has 164 valence electrons. The minimum absolute atomic E-state index is 0.0176. The van der Waals surface area contributed by atoms with Gasteiger partial charge in [0.15, 0.2) is 0 Å². The van der Waals surface area contributed by atoms with Crippen LogP contribution >= 0.6 is 0 Å². The van der Waals surface area contributed by atoms with E-state index in [0.717, 1.165) is 29.5 Å².